The zero-order valence-electron chi connectivity index (χ0n) is 29.0. The summed E-state index contributed by atoms with van der Waals surface area (Å²) in [6.07, 6.45) is 6.52. The molecule has 0 radical (unpaired) electrons. The van der Waals surface area contributed by atoms with Gasteiger partial charge in [-0.15, -0.1) is 0 Å². The van der Waals surface area contributed by atoms with Gasteiger partial charge >= 0.3 is 0 Å². The summed E-state index contributed by atoms with van der Waals surface area (Å²) in [5.74, 6) is 1.35. The number of nitrogens with one attached hydrogen (secondary N) is 2. The summed E-state index contributed by atoms with van der Waals surface area (Å²) in [6, 6.07) is 14.3. The van der Waals surface area contributed by atoms with Gasteiger partial charge in [-0.1, -0.05) is 27.7 Å². The molecular formula is C36H62N4O4S. The number of rotatable bonds is 26. The molecule has 9 heteroatoms. The third-order valence-electron chi connectivity index (χ3n) is 8.45. The lowest BCUT2D eigenvalue weighted by Gasteiger charge is -2.19. The summed E-state index contributed by atoms with van der Waals surface area (Å²) in [5.41, 5.74) is 0. The molecule has 0 saturated carbocycles. The fourth-order valence-electron chi connectivity index (χ4n) is 5.31. The third kappa shape index (κ3) is 15.3. The number of ether oxygens (including phenoxy) is 2. The van der Waals surface area contributed by atoms with E-state index in [-0.39, 0.29) is 9.79 Å². The lowest BCUT2D eigenvalue weighted by Crippen LogP contribution is -2.30. The molecule has 0 bridgehead atoms. The topological polar surface area (TPSA) is 83.1 Å². The van der Waals surface area contributed by atoms with E-state index in [4.69, 9.17) is 9.47 Å². The predicted molar refractivity (Wildman–Crippen MR) is 188 cm³/mol. The van der Waals surface area contributed by atoms with Crippen LogP contribution in [0.1, 0.15) is 80.1 Å². The van der Waals surface area contributed by atoms with Gasteiger partial charge in [-0.2, -0.15) is 0 Å². The Labute approximate surface area is 275 Å². The van der Waals surface area contributed by atoms with E-state index in [1.165, 1.54) is 12.8 Å². The Bertz CT molecular complexity index is 1040. The molecule has 0 amide bonds. The fourth-order valence-corrected chi connectivity index (χ4v) is 6.57. The molecule has 0 aliphatic rings. The molecule has 2 aromatic rings. The van der Waals surface area contributed by atoms with Crippen molar-refractivity contribution in [1.82, 2.24) is 20.4 Å². The maximum absolute atomic E-state index is 13.2. The molecule has 2 N–H and O–H groups in total. The van der Waals surface area contributed by atoms with Crippen molar-refractivity contribution >= 4 is 9.84 Å². The Morgan fingerprint density at radius 2 is 0.956 bits per heavy atom. The Hall–Kier alpha value is -2.17. The molecule has 0 aliphatic heterocycles. The normalized spacial score (nSPS) is 13.3. The van der Waals surface area contributed by atoms with E-state index in [2.05, 4.69) is 62.0 Å². The van der Waals surface area contributed by atoms with E-state index in [0.717, 1.165) is 78.0 Å². The van der Waals surface area contributed by atoms with Crippen molar-refractivity contribution in [2.75, 3.05) is 65.6 Å². The Kier molecular flexibility index (Phi) is 19.4. The first kappa shape index (κ1) is 39.0. The molecule has 256 valence electrons. The van der Waals surface area contributed by atoms with Gasteiger partial charge in [-0.05, 0) is 153 Å². The number of hydrogen-bond donors (Lipinski definition) is 2. The molecule has 0 aromatic heterocycles. The summed E-state index contributed by atoms with van der Waals surface area (Å²) >= 11 is 0. The van der Waals surface area contributed by atoms with Crippen LogP contribution in [0.25, 0.3) is 0 Å². The molecule has 45 heavy (non-hydrogen) atoms. The molecule has 0 fully saturated rings. The van der Waals surface area contributed by atoms with Gasteiger partial charge in [0.2, 0.25) is 9.84 Å². The van der Waals surface area contributed by atoms with Crippen LogP contribution >= 0.6 is 0 Å². The number of sulfone groups is 1. The summed E-state index contributed by atoms with van der Waals surface area (Å²) in [5, 5.41) is 7.14. The van der Waals surface area contributed by atoms with Gasteiger partial charge < -0.3 is 29.9 Å². The molecule has 2 aromatic carbocycles. The van der Waals surface area contributed by atoms with E-state index >= 15 is 0 Å². The van der Waals surface area contributed by atoms with Crippen molar-refractivity contribution in [3.8, 4) is 11.5 Å². The van der Waals surface area contributed by atoms with Crippen LogP contribution in [0.5, 0.6) is 11.5 Å². The van der Waals surface area contributed by atoms with Crippen molar-refractivity contribution in [1.29, 1.82) is 0 Å². The van der Waals surface area contributed by atoms with Crippen molar-refractivity contribution < 1.29 is 17.9 Å². The summed E-state index contributed by atoms with van der Waals surface area (Å²) in [6.45, 7) is 23.0. The molecule has 0 saturated heterocycles. The van der Waals surface area contributed by atoms with Gasteiger partial charge in [-0.25, -0.2) is 8.42 Å². The summed E-state index contributed by atoms with van der Waals surface area (Å²) < 4.78 is 38.1. The summed E-state index contributed by atoms with van der Waals surface area (Å²) in [7, 11) is -3.62. The van der Waals surface area contributed by atoms with E-state index in [1.807, 2.05) is 0 Å². The lowest BCUT2D eigenvalue weighted by atomic mass is 10.1. The maximum atomic E-state index is 13.2. The molecule has 2 rings (SSSR count). The Morgan fingerprint density at radius 3 is 1.29 bits per heavy atom. The summed E-state index contributed by atoms with van der Waals surface area (Å²) in [4.78, 5) is 5.42. The Morgan fingerprint density at radius 1 is 0.600 bits per heavy atom. The van der Waals surface area contributed by atoms with Crippen LogP contribution in [-0.2, 0) is 9.84 Å². The van der Waals surface area contributed by atoms with Crippen LogP contribution in [0.2, 0.25) is 0 Å². The van der Waals surface area contributed by atoms with Crippen LogP contribution in [0.4, 0.5) is 0 Å². The van der Waals surface area contributed by atoms with Crippen molar-refractivity contribution in [2.45, 2.75) is 102 Å². The second kappa shape index (κ2) is 22.4. The molecular weight excluding hydrogens is 584 g/mol. The molecule has 0 aliphatic carbocycles. The quantitative estimate of drug-likeness (QED) is 0.116. The minimum atomic E-state index is -3.62. The van der Waals surface area contributed by atoms with Crippen molar-refractivity contribution in [3.05, 3.63) is 48.5 Å². The first-order valence-corrected chi connectivity index (χ1v) is 18.8. The molecule has 0 heterocycles. The SMILES string of the molecule is CCN(CC)CCCC(C)NCCCOc1ccc(S(=O)(=O)c2ccc(OCCCNC(C)CCCN(CC)CC)cc2)cc1. The number of nitrogens with zero attached hydrogens (tertiary/aromatic N) is 2. The van der Waals surface area contributed by atoms with Crippen LogP contribution in [0, 0.1) is 0 Å². The van der Waals surface area contributed by atoms with Gasteiger partial charge in [0.25, 0.3) is 0 Å². The number of hydrogen-bond acceptors (Lipinski definition) is 8. The van der Waals surface area contributed by atoms with Gasteiger partial charge in [0.1, 0.15) is 11.5 Å². The van der Waals surface area contributed by atoms with E-state index < -0.39 is 9.84 Å². The Balaban J connectivity index is 1.66. The van der Waals surface area contributed by atoms with E-state index in [9.17, 15) is 8.42 Å². The highest BCUT2D eigenvalue weighted by Gasteiger charge is 2.18. The van der Waals surface area contributed by atoms with E-state index in [0.29, 0.717) is 36.8 Å². The van der Waals surface area contributed by atoms with Gasteiger partial charge in [-0.3, -0.25) is 0 Å². The second-order valence-electron chi connectivity index (χ2n) is 11.9. The first-order chi connectivity index (χ1) is 21.7. The largest absolute Gasteiger partial charge is 0.494 e. The van der Waals surface area contributed by atoms with Crippen LogP contribution < -0.4 is 20.1 Å². The molecule has 0 spiro atoms. The molecule has 8 nitrogen and oxygen atoms in total. The fraction of sp³-hybridized carbons (Fsp3) is 0.667. The van der Waals surface area contributed by atoms with Gasteiger partial charge in [0.05, 0.1) is 23.0 Å². The van der Waals surface area contributed by atoms with Crippen LogP contribution in [0.3, 0.4) is 0 Å². The maximum Gasteiger partial charge on any atom is 0.206 e. The molecule has 2 unspecified atom stereocenters. The molecule has 2 atom stereocenters. The standard InChI is InChI=1S/C36H62N4O4S/c1-7-39(8-2)27-11-15-31(5)37-25-13-29-43-33-17-21-35(22-18-33)45(41,42)36-23-19-34(20-24-36)44-30-14-26-38-32(6)16-12-28-40(9-3)10-4/h17-24,31-32,37-38H,7-16,25-30H2,1-6H3. The predicted octanol–water partition coefficient (Wildman–Crippen LogP) is 6.26. The zero-order chi connectivity index (χ0) is 32.9. The highest BCUT2D eigenvalue weighted by atomic mass is 32.2. The van der Waals surface area contributed by atoms with Gasteiger partial charge in [0, 0.05) is 12.1 Å². The average molecular weight is 647 g/mol. The second-order valence-corrected chi connectivity index (χ2v) is 13.8. The highest BCUT2D eigenvalue weighted by molar-refractivity contribution is 7.91. The van der Waals surface area contributed by atoms with Gasteiger partial charge in [0.15, 0.2) is 0 Å². The van der Waals surface area contributed by atoms with Crippen molar-refractivity contribution in [3.63, 3.8) is 0 Å². The van der Waals surface area contributed by atoms with E-state index in [1.54, 1.807) is 48.5 Å². The van der Waals surface area contributed by atoms with Crippen LogP contribution in [0.15, 0.2) is 58.3 Å². The minimum Gasteiger partial charge on any atom is -0.494 e. The zero-order valence-corrected chi connectivity index (χ0v) is 29.8. The number of benzene rings is 2. The average Bonchev–Trinajstić information content (AvgIpc) is 3.05. The smallest absolute Gasteiger partial charge is 0.206 e. The van der Waals surface area contributed by atoms with Crippen molar-refractivity contribution in [2.24, 2.45) is 0 Å². The monoisotopic (exact) mass is 646 g/mol. The highest BCUT2D eigenvalue weighted by Crippen LogP contribution is 2.25. The third-order valence-corrected chi connectivity index (χ3v) is 10.2. The minimum absolute atomic E-state index is 0.251. The lowest BCUT2D eigenvalue weighted by molar-refractivity contribution is 0.286. The van der Waals surface area contributed by atoms with Crippen LogP contribution in [-0.4, -0.2) is 95.9 Å². The first-order valence-electron chi connectivity index (χ1n) is 17.4.